The van der Waals surface area contributed by atoms with Crippen molar-refractivity contribution < 1.29 is 99.3 Å². The Morgan fingerprint density at radius 2 is 0.969 bits per heavy atom. The second-order valence-corrected chi connectivity index (χ2v) is 23.1. The van der Waals surface area contributed by atoms with E-state index in [-0.39, 0.29) is 150 Å². The minimum absolute atomic E-state index is 0. The smallest absolute Gasteiger partial charge is 0.359 e. The van der Waals surface area contributed by atoms with Crippen LogP contribution in [0.25, 0.3) is 0 Å². The molecule has 0 aliphatic rings. The SMILES string of the molecule is Cn1cc(NC(=O)c2cc(NC(=O)c3cc(NC(=O)CCCNC(=O)c4nc(NC(=O)c5nc(NC(=O)c6nccn6C)cn5C)cn4C)cn3C)cn2C)cc1C(=O)NCCC(=O)NCCC[NH+](C)CCCNC(=O)C[N+](C)(CCN(CCC(=O)O)CC(=O)O)CC(=O)O.[Fe]. The molecule has 0 radical (unpaired) electrons. The predicted octanol–water partition coefficient (Wildman–Crippen LogP) is -1.90. The average molecular weight is 1380 g/mol. The molecule has 0 saturated heterocycles. The molecule has 9 amide bonds. The van der Waals surface area contributed by atoms with Gasteiger partial charge in [-0.2, -0.15) is 0 Å². The van der Waals surface area contributed by atoms with Crippen LogP contribution >= 0.6 is 0 Å². The molecule has 6 heterocycles. The van der Waals surface area contributed by atoms with Crippen LogP contribution in [0.15, 0.2) is 61.6 Å². The minimum Gasteiger partial charge on any atom is -0.481 e. The van der Waals surface area contributed by atoms with E-state index in [1.165, 1.54) is 69.1 Å². The van der Waals surface area contributed by atoms with Crippen molar-refractivity contribution in [2.75, 3.05) is 119 Å². The number of rotatable bonds is 38. The number of hydrogen-bond acceptors (Lipinski definition) is 16. The van der Waals surface area contributed by atoms with E-state index in [2.05, 4.69) is 62.8 Å². The average Bonchev–Trinajstić information content (AvgIpc) is 1.69. The minimum atomic E-state index is -1.16. The fourth-order valence-corrected chi connectivity index (χ4v) is 9.99. The van der Waals surface area contributed by atoms with E-state index in [1.807, 2.05) is 7.05 Å². The van der Waals surface area contributed by atoms with E-state index >= 15 is 0 Å². The molecule has 96 heavy (non-hydrogen) atoms. The summed E-state index contributed by atoms with van der Waals surface area (Å²) >= 11 is 0. The molecule has 520 valence electrons. The molecule has 0 aromatic carbocycles. The maximum atomic E-state index is 13.5. The van der Waals surface area contributed by atoms with Crippen molar-refractivity contribution in [2.24, 2.45) is 42.3 Å². The Kier molecular flexibility index (Phi) is 28.3. The zero-order chi connectivity index (χ0) is 69.7. The molecule has 0 aliphatic carbocycles. The summed E-state index contributed by atoms with van der Waals surface area (Å²) in [7, 11) is 13.2. The van der Waals surface area contributed by atoms with Gasteiger partial charge in [0.2, 0.25) is 23.5 Å². The van der Waals surface area contributed by atoms with Crippen LogP contribution in [0.5, 0.6) is 0 Å². The van der Waals surface area contributed by atoms with Gasteiger partial charge in [0, 0.05) is 168 Å². The van der Waals surface area contributed by atoms with Crippen molar-refractivity contribution >= 4 is 99.8 Å². The number of nitrogens with zero attached hydrogens (tertiary/aromatic N) is 11. The third-order valence-electron chi connectivity index (χ3n) is 14.9. The molecule has 6 rings (SSSR count). The van der Waals surface area contributed by atoms with E-state index in [4.69, 9.17) is 5.11 Å². The molecule has 13 N–H and O–H groups in total. The molecule has 0 fully saturated rings. The molecule has 0 aliphatic heterocycles. The summed E-state index contributed by atoms with van der Waals surface area (Å²) in [6.07, 6.45) is 11.9. The quantitative estimate of drug-likeness (QED) is 0.0114. The van der Waals surface area contributed by atoms with Crippen molar-refractivity contribution in [1.82, 2.24) is 68.5 Å². The van der Waals surface area contributed by atoms with Gasteiger partial charge in [-0.05, 0) is 24.6 Å². The summed E-state index contributed by atoms with van der Waals surface area (Å²) in [6, 6.07) is 4.43. The Hall–Kier alpha value is -10.5. The molecule has 0 bridgehead atoms. The number of quaternary nitrogens is 2. The van der Waals surface area contributed by atoms with Crippen LogP contribution in [0, 0.1) is 0 Å². The van der Waals surface area contributed by atoms with E-state index in [9.17, 15) is 67.7 Å². The van der Waals surface area contributed by atoms with Crippen LogP contribution < -0.4 is 52.8 Å². The number of aliphatic carboxylic acids is 3. The number of carboxylic acid groups (broad SMARTS) is 3. The number of hydrogen-bond donors (Lipinski definition) is 13. The van der Waals surface area contributed by atoms with Crippen molar-refractivity contribution in [3.63, 3.8) is 0 Å². The van der Waals surface area contributed by atoms with Crippen LogP contribution in [-0.4, -0.2) is 231 Å². The number of carboxylic acids is 3. The first-order valence-electron chi connectivity index (χ1n) is 30.2. The summed E-state index contributed by atoms with van der Waals surface area (Å²) in [5.41, 5.74) is 1.52. The number of likely N-dealkylation sites (N-methyl/N-ethyl adjacent to an activating group) is 1. The molecule has 0 spiro atoms. The summed E-state index contributed by atoms with van der Waals surface area (Å²) in [5.74, 6) is -7.41. The van der Waals surface area contributed by atoms with Crippen LogP contribution in [0.1, 0.15) is 102 Å². The first-order valence-corrected chi connectivity index (χ1v) is 30.2. The predicted molar refractivity (Wildman–Crippen MR) is 341 cm³/mol. The maximum absolute atomic E-state index is 13.5. The molecule has 37 heteroatoms. The van der Waals surface area contributed by atoms with Crippen molar-refractivity contribution in [1.29, 1.82) is 0 Å². The number of imidazole rings is 3. The zero-order valence-electron chi connectivity index (χ0n) is 54.5. The topological polar surface area (TPSA) is 450 Å². The van der Waals surface area contributed by atoms with Crippen molar-refractivity contribution in [3.05, 3.63) is 96.1 Å². The number of aryl methyl sites for hydroxylation is 6. The molecule has 6 aromatic heterocycles. The third kappa shape index (κ3) is 23.5. The van der Waals surface area contributed by atoms with Gasteiger partial charge in [0.15, 0.2) is 30.5 Å². The zero-order valence-corrected chi connectivity index (χ0v) is 55.6. The van der Waals surface area contributed by atoms with Gasteiger partial charge in [0.1, 0.15) is 17.1 Å². The van der Waals surface area contributed by atoms with Crippen molar-refractivity contribution in [3.8, 4) is 0 Å². The molecule has 6 aromatic rings. The standard InChI is InChI=1S/C59H81N21O15.Fe/c1-72(21-11-17-61-47(83)35-80(8,36-50(88)89)25-24-79(34-49(86)87)22-14-48(84)85)20-10-16-60-45(81)13-18-64-54(90)40-27-38(30-74(40)3)66-56(92)42-28-39(31-76(42)5)67-55(91)41-26-37(29-75(41)4)65-46(82)12-9-15-63-57(93)52-68-43(32-77(52)6)71-59(95)53-69-44(33-78(53)7)70-58(94)51-62-19-23-73(51)2;/h19,23,26-33H,9-18,20-22,24-25,34-36H2,1-8H3,(H11-,60,61,63,64,65,66,67,70,71,81,82,83,84,85,86,87,88,89,90,91,92,93,94,95);/p+2. The van der Waals surface area contributed by atoms with Gasteiger partial charge in [-0.25, -0.2) is 19.7 Å². The van der Waals surface area contributed by atoms with Crippen LogP contribution in [-0.2, 0) is 88.1 Å². The van der Waals surface area contributed by atoms with Gasteiger partial charge in [0.25, 0.3) is 41.4 Å². The largest absolute Gasteiger partial charge is 0.481 e. The number of nitrogens with one attached hydrogen (secondary N) is 10. The van der Waals surface area contributed by atoms with E-state index in [0.717, 1.165) is 4.90 Å². The van der Waals surface area contributed by atoms with Crippen LogP contribution in [0.2, 0.25) is 0 Å². The first kappa shape index (κ1) is 76.2. The van der Waals surface area contributed by atoms with Crippen LogP contribution in [0.3, 0.4) is 0 Å². The van der Waals surface area contributed by atoms with Gasteiger partial charge < -0.3 is 100.0 Å². The second-order valence-electron chi connectivity index (χ2n) is 23.1. The van der Waals surface area contributed by atoms with E-state index in [1.54, 1.807) is 74.1 Å². The molecule has 2 unspecified atom stereocenters. The van der Waals surface area contributed by atoms with E-state index < -0.39 is 66.4 Å². The Morgan fingerprint density at radius 3 is 1.48 bits per heavy atom. The Labute approximate surface area is 561 Å². The Morgan fingerprint density at radius 1 is 0.479 bits per heavy atom. The van der Waals surface area contributed by atoms with Gasteiger partial charge >= 0.3 is 17.9 Å². The number of anilines is 5. The number of amides is 9. The normalized spacial score (nSPS) is 11.9. The Balaban J connectivity index is 0.0000167. The summed E-state index contributed by atoms with van der Waals surface area (Å²) in [4.78, 5) is 166. The molecule has 36 nitrogen and oxygen atoms in total. The summed E-state index contributed by atoms with van der Waals surface area (Å²) < 4.78 is 8.69. The monoisotopic (exact) mass is 1380 g/mol. The first-order chi connectivity index (χ1) is 45.0. The summed E-state index contributed by atoms with van der Waals surface area (Å²) in [5, 5.41) is 52.3. The van der Waals surface area contributed by atoms with E-state index in [0.29, 0.717) is 56.1 Å². The van der Waals surface area contributed by atoms with Gasteiger partial charge in [0.05, 0.1) is 63.8 Å². The molecule has 2 atom stereocenters. The third-order valence-corrected chi connectivity index (χ3v) is 14.9. The number of carbonyl (C=O) groups is 12. The van der Waals surface area contributed by atoms with Crippen molar-refractivity contribution in [2.45, 2.75) is 38.5 Å². The van der Waals surface area contributed by atoms with Gasteiger partial charge in [-0.15, -0.1) is 0 Å². The summed E-state index contributed by atoms with van der Waals surface area (Å²) in [6.45, 7) is 1.42. The molecule has 0 saturated carbocycles. The van der Waals surface area contributed by atoms with Gasteiger partial charge in [-0.1, -0.05) is 0 Å². The second kappa shape index (κ2) is 35.7. The molecular weight excluding hydrogens is 1300 g/mol. The number of aromatic nitrogens is 9. The fraction of sp³-hybridized carbons (Fsp3) is 0.441. The molecular formula is C59H83FeN21O15+2. The Bertz CT molecular complexity index is 3800. The number of carbonyl (C=O) groups excluding carboxylic acids is 9. The van der Waals surface area contributed by atoms with Crippen LogP contribution in [0.4, 0.5) is 28.7 Å². The maximum Gasteiger partial charge on any atom is 0.359 e. The fourth-order valence-electron chi connectivity index (χ4n) is 9.99. The van der Waals surface area contributed by atoms with Gasteiger partial charge in [-0.3, -0.25) is 57.6 Å².